The molecule has 6 aliphatic rings. The van der Waals surface area contributed by atoms with Gasteiger partial charge in [-0.2, -0.15) is 15.0 Å². The van der Waals surface area contributed by atoms with Crippen molar-refractivity contribution in [1.29, 1.82) is 0 Å². The van der Waals surface area contributed by atoms with Crippen molar-refractivity contribution in [2.24, 2.45) is 0 Å². The van der Waals surface area contributed by atoms with E-state index in [0.717, 1.165) is 34.2 Å². The van der Waals surface area contributed by atoms with Crippen LogP contribution < -0.4 is 0 Å². The van der Waals surface area contributed by atoms with Crippen molar-refractivity contribution < 1.29 is 0 Å². The summed E-state index contributed by atoms with van der Waals surface area (Å²) in [6.07, 6.45) is 0. The lowest BCUT2D eigenvalue weighted by Gasteiger charge is -2.03. The van der Waals surface area contributed by atoms with Crippen LogP contribution in [0.25, 0.3) is 34.2 Å². The molecule has 9 nitrogen and oxygen atoms in total. The Balaban J connectivity index is 1.25. The van der Waals surface area contributed by atoms with Gasteiger partial charge in [0.15, 0.2) is 30.9 Å². The van der Waals surface area contributed by atoms with Gasteiger partial charge < -0.3 is 0 Å². The van der Waals surface area contributed by atoms with Crippen LogP contribution in [0.4, 0.5) is 0 Å². The Bertz CT molecular complexity index is 1520. The summed E-state index contributed by atoms with van der Waals surface area (Å²) in [5.74, 6) is 0. The van der Waals surface area contributed by atoms with Gasteiger partial charge in [0.1, 0.15) is 0 Å². The van der Waals surface area contributed by atoms with E-state index in [4.69, 9.17) is 0 Å². The Morgan fingerprint density at radius 1 is 0.256 bits per heavy atom. The van der Waals surface area contributed by atoms with E-state index in [0.29, 0.717) is 30.9 Å². The molecule has 0 spiro atoms. The average Bonchev–Trinajstić information content (AvgIpc) is 3.42. The minimum absolute atomic E-state index is 0.458. The zero-order valence-corrected chi connectivity index (χ0v) is 22.4. The van der Waals surface area contributed by atoms with Crippen LogP contribution in [0.5, 0.6) is 0 Å². The van der Waals surface area contributed by atoms with Crippen LogP contribution in [0.2, 0.25) is 0 Å². The van der Waals surface area contributed by atoms with Crippen molar-refractivity contribution in [3.8, 4) is 34.2 Å². The molecule has 186 valence electrons. The Morgan fingerprint density at radius 3 is 0.692 bits per heavy atom. The largest absolute Gasteiger partial charge is 0.221 e. The molecule has 0 atom stereocenters. The molecule has 0 unspecified atom stereocenters. The molecule has 0 fully saturated rings. The maximum Gasteiger partial charge on any atom is 0.200 e. The molecule has 0 aromatic carbocycles. The highest BCUT2D eigenvalue weighted by molar-refractivity contribution is 8.00. The van der Waals surface area contributed by atoms with Gasteiger partial charge in [0, 0.05) is 0 Å². The van der Waals surface area contributed by atoms with Crippen LogP contribution in [0.1, 0.15) is 0 Å². The molecule has 0 bridgehead atoms. The first kappa shape index (κ1) is 23.8. The van der Waals surface area contributed by atoms with Gasteiger partial charge in [-0.15, -0.1) is 0 Å². The summed E-state index contributed by atoms with van der Waals surface area (Å²) in [7, 11) is 0. The minimum Gasteiger partial charge on any atom is -0.221 e. The van der Waals surface area contributed by atoms with E-state index in [1.54, 1.807) is 0 Å². The van der Waals surface area contributed by atoms with Crippen LogP contribution in [0.3, 0.4) is 0 Å². The van der Waals surface area contributed by atoms with E-state index in [1.807, 2.05) is 91.0 Å². The molecule has 0 amide bonds. The zero-order valence-electron chi connectivity index (χ0n) is 19.9. The summed E-state index contributed by atoms with van der Waals surface area (Å²) in [4.78, 5) is 41.8. The first-order valence-corrected chi connectivity index (χ1v) is 14.2. The summed E-state index contributed by atoms with van der Waals surface area (Å²) < 4.78 is 0. The SMILES string of the molecule is c1ccc2nc(Sc3nc(Sc4nc5cccccc-5n4)nc(Sc4nc5cccccc-5n4)n3)nc-2cc1. The highest BCUT2D eigenvalue weighted by atomic mass is 32.2. The molecule has 0 saturated heterocycles. The summed E-state index contributed by atoms with van der Waals surface area (Å²) in [6.45, 7) is 0. The smallest absolute Gasteiger partial charge is 0.200 e. The van der Waals surface area contributed by atoms with Crippen molar-refractivity contribution in [2.45, 2.75) is 30.9 Å². The van der Waals surface area contributed by atoms with Gasteiger partial charge >= 0.3 is 0 Å². The van der Waals surface area contributed by atoms with Crippen LogP contribution >= 0.6 is 35.3 Å². The Kier molecular flexibility index (Phi) is 6.40. The maximum absolute atomic E-state index is 4.67. The topological polar surface area (TPSA) is 116 Å². The summed E-state index contributed by atoms with van der Waals surface area (Å²) in [5.41, 5.74) is 4.81. The molecule has 3 aliphatic heterocycles. The average molecular weight is 562 g/mol. The van der Waals surface area contributed by atoms with E-state index in [2.05, 4.69) is 44.9 Å². The normalized spacial score (nSPS) is 11.4. The van der Waals surface area contributed by atoms with Gasteiger partial charge in [-0.05, 0) is 71.7 Å². The monoisotopic (exact) mass is 561 g/mol. The van der Waals surface area contributed by atoms with Gasteiger partial charge in [-0.1, -0.05) is 54.6 Å². The minimum atomic E-state index is 0.458. The van der Waals surface area contributed by atoms with Crippen molar-refractivity contribution in [3.63, 3.8) is 0 Å². The molecular formula is C27H15N9S3. The van der Waals surface area contributed by atoms with Gasteiger partial charge in [0.05, 0.1) is 34.2 Å². The summed E-state index contributed by atoms with van der Waals surface area (Å²) >= 11 is 3.82. The Labute approximate surface area is 235 Å². The van der Waals surface area contributed by atoms with E-state index in [9.17, 15) is 0 Å². The van der Waals surface area contributed by atoms with Gasteiger partial charge in [0.2, 0.25) is 0 Å². The fourth-order valence-electron chi connectivity index (χ4n) is 3.68. The number of imidazole rings is 3. The van der Waals surface area contributed by atoms with E-state index < -0.39 is 0 Å². The summed E-state index contributed by atoms with van der Waals surface area (Å²) in [5, 5.41) is 3.04. The molecule has 0 radical (unpaired) electrons. The molecule has 39 heavy (non-hydrogen) atoms. The number of fused-ring (bicyclic) bond motifs is 3. The fraction of sp³-hybridized carbons (Fsp3) is 0. The third-order valence-corrected chi connectivity index (χ3v) is 7.59. The van der Waals surface area contributed by atoms with Crippen LogP contribution in [-0.4, -0.2) is 44.9 Å². The second kappa shape index (κ2) is 10.5. The number of hydrogen-bond donors (Lipinski definition) is 0. The number of nitrogens with zero attached hydrogens (tertiary/aromatic N) is 9. The van der Waals surface area contributed by atoms with Crippen LogP contribution in [0.15, 0.2) is 122 Å². The lowest BCUT2D eigenvalue weighted by Crippen LogP contribution is -1.98. The molecule has 3 aliphatic carbocycles. The molecule has 7 rings (SSSR count). The zero-order chi connectivity index (χ0) is 26.0. The molecular weight excluding hydrogens is 547 g/mol. The molecule has 0 N–H and O–H groups in total. The highest BCUT2D eigenvalue weighted by Crippen LogP contribution is 2.34. The first-order chi connectivity index (χ1) is 19.2. The fourth-order valence-corrected chi connectivity index (χ4v) is 6.00. The van der Waals surface area contributed by atoms with Crippen LogP contribution in [-0.2, 0) is 0 Å². The molecule has 0 saturated carbocycles. The quantitative estimate of drug-likeness (QED) is 0.237. The van der Waals surface area contributed by atoms with Crippen molar-refractivity contribution >= 4 is 35.3 Å². The molecule has 4 heterocycles. The van der Waals surface area contributed by atoms with Crippen molar-refractivity contribution in [2.75, 3.05) is 0 Å². The third kappa shape index (κ3) is 5.35. The lowest BCUT2D eigenvalue weighted by atomic mass is 10.3. The number of aromatic nitrogens is 9. The van der Waals surface area contributed by atoms with Gasteiger partial charge in [-0.25, -0.2) is 29.9 Å². The lowest BCUT2D eigenvalue weighted by molar-refractivity contribution is 0.713. The second-order valence-corrected chi connectivity index (χ2v) is 10.9. The predicted octanol–water partition coefficient (Wildman–Crippen LogP) is 6.01. The number of rotatable bonds is 6. The Morgan fingerprint density at radius 2 is 0.462 bits per heavy atom. The molecule has 1 aromatic heterocycles. The van der Waals surface area contributed by atoms with Gasteiger partial charge in [0.25, 0.3) is 0 Å². The molecule has 12 heteroatoms. The standard InChI is InChI=1S/C27H15N9S3/c1-4-10-16-17(11-5-1)29-22(28-16)37-25-34-26(38-23-30-18-12-6-2-7-13-19(18)31-23)36-27(35-25)39-24-32-20-14-8-3-9-15-21(20)33-24/h1-15H. The van der Waals surface area contributed by atoms with Crippen molar-refractivity contribution in [1.82, 2.24) is 44.9 Å². The third-order valence-electron chi connectivity index (χ3n) is 5.40. The van der Waals surface area contributed by atoms with E-state index in [1.165, 1.54) is 35.3 Å². The van der Waals surface area contributed by atoms with Crippen LogP contribution in [0, 0.1) is 0 Å². The summed E-state index contributed by atoms with van der Waals surface area (Å²) in [6, 6.07) is 29.0. The predicted molar refractivity (Wildman–Crippen MR) is 148 cm³/mol. The van der Waals surface area contributed by atoms with Gasteiger partial charge in [-0.3, -0.25) is 0 Å². The van der Waals surface area contributed by atoms with E-state index >= 15 is 0 Å². The Hall–Kier alpha value is -4.26. The highest BCUT2D eigenvalue weighted by Gasteiger charge is 2.19. The number of hydrogen-bond acceptors (Lipinski definition) is 12. The first-order valence-electron chi connectivity index (χ1n) is 11.7. The maximum atomic E-state index is 4.67. The second-order valence-electron chi connectivity index (χ2n) is 8.05. The molecule has 1 aromatic rings. The van der Waals surface area contributed by atoms with Crippen molar-refractivity contribution in [3.05, 3.63) is 91.0 Å². The van der Waals surface area contributed by atoms with E-state index in [-0.39, 0.29) is 0 Å².